The van der Waals surface area contributed by atoms with Crippen LogP contribution in [0.2, 0.25) is 0 Å². The number of fused-ring (bicyclic) bond motifs is 1. The van der Waals surface area contributed by atoms with Gasteiger partial charge in [0.1, 0.15) is 23.0 Å². The molecule has 0 atom stereocenters. The van der Waals surface area contributed by atoms with E-state index in [1.54, 1.807) is 18.2 Å². The maximum absolute atomic E-state index is 12.9. The minimum Gasteiger partial charge on any atom is -0.497 e. The Morgan fingerprint density at radius 2 is 1.77 bits per heavy atom. The summed E-state index contributed by atoms with van der Waals surface area (Å²) in [4.78, 5) is 27.1. The number of esters is 1. The van der Waals surface area contributed by atoms with Gasteiger partial charge in [-0.3, -0.25) is 4.79 Å². The summed E-state index contributed by atoms with van der Waals surface area (Å²) >= 11 is 0. The molecule has 7 heteroatoms. The number of ketones is 1. The summed E-state index contributed by atoms with van der Waals surface area (Å²) in [5, 5.41) is 0.706. The van der Waals surface area contributed by atoms with E-state index in [4.69, 9.17) is 14.2 Å². The van der Waals surface area contributed by atoms with Crippen LogP contribution in [-0.2, 0) is 4.74 Å². The monoisotopic (exact) mass is 357 g/mol. The van der Waals surface area contributed by atoms with Crippen LogP contribution < -0.4 is 9.47 Å². The lowest BCUT2D eigenvalue weighted by Gasteiger charge is -2.05. The van der Waals surface area contributed by atoms with E-state index in [1.807, 2.05) is 0 Å². The van der Waals surface area contributed by atoms with E-state index in [0.717, 1.165) is 0 Å². The maximum atomic E-state index is 12.9. The van der Waals surface area contributed by atoms with Crippen molar-refractivity contribution in [3.63, 3.8) is 0 Å². The number of aromatic amines is 1. The van der Waals surface area contributed by atoms with E-state index in [1.165, 1.54) is 38.5 Å². The van der Waals surface area contributed by atoms with Crippen LogP contribution in [0.25, 0.3) is 10.9 Å². The highest BCUT2D eigenvalue weighted by Crippen LogP contribution is 2.31. The van der Waals surface area contributed by atoms with Gasteiger partial charge in [-0.05, 0) is 36.4 Å². The van der Waals surface area contributed by atoms with Crippen LogP contribution in [0.1, 0.15) is 20.8 Å². The molecule has 1 N–H and O–H groups in total. The third kappa shape index (κ3) is 3.51. The Labute approximate surface area is 148 Å². The van der Waals surface area contributed by atoms with Crippen LogP contribution in [0, 0.1) is 5.82 Å². The van der Waals surface area contributed by atoms with E-state index in [0.29, 0.717) is 22.4 Å². The third-order valence-electron chi connectivity index (χ3n) is 3.84. The molecule has 134 valence electrons. The van der Waals surface area contributed by atoms with Crippen molar-refractivity contribution in [3.8, 4) is 11.5 Å². The topological polar surface area (TPSA) is 77.6 Å². The Hall–Kier alpha value is -3.35. The highest BCUT2D eigenvalue weighted by molar-refractivity contribution is 6.01. The first kappa shape index (κ1) is 17.5. The lowest BCUT2D eigenvalue weighted by atomic mass is 10.1. The van der Waals surface area contributed by atoms with Crippen molar-refractivity contribution >= 4 is 22.7 Å². The number of rotatable bonds is 6. The molecule has 1 aromatic heterocycles. The van der Waals surface area contributed by atoms with Crippen LogP contribution >= 0.6 is 0 Å². The first-order valence-electron chi connectivity index (χ1n) is 7.72. The molecule has 0 amide bonds. The largest absolute Gasteiger partial charge is 0.497 e. The maximum Gasteiger partial charge on any atom is 0.355 e. The highest BCUT2D eigenvalue weighted by atomic mass is 19.1. The lowest BCUT2D eigenvalue weighted by Crippen LogP contribution is -2.14. The minimum atomic E-state index is -0.683. The number of H-pyrrole nitrogens is 1. The molecule has 1 heterocycles. The Balaban J connectivity index is 1.75. The standard InChI is InChI=1S/C19H16FNO5/c1-24-14-7-12-8-15(21-18(12)17(9-14)25-2)19(23)26-10-16(22)11-3-5-13(20)6-4-11/h3-9,21H,10H2,1-2H3. The van der Waals surface area contributed by atoms with E-state index in [9.17, 15) is 14.0 Å². The van der Waals surface area contributed by atoms with Crippen molar-refractivity contribution in [2.75, 3.05) is 20.8 Å². The first-order chi connectivity index (χ1) is 12.5. The number of Topliss-reactive ketones (excluding diaryl/α,β-unsaturated/α-hetero) is 1. The fourth-order valence-electron chi connectivity index (χ4n) is 2.50. The predicted molar refractivity (Wildman–Crippen MR) is 92.4 cm³/mol. The summed E-state index contributed by atoms with van der Waals surface area (Å²) in [5.74, 6) is -0.451. The third-order valence-corrected chi connectivity index (χ3v) is 3.84. The van der Waals surface area contributed by atoms with Crippen LogP contribution in [0.15, 0.2) is 42.5 Å². The molecule has 0 saturated heterocycles. The molecular formula is C19H16FNO5. The number of carbonyl (C=O) groups excluding carboxylic acids is 2. The molecule has 0 bridgehead atoms. The average molecular weight is 357 g/mol. The van der Waals surface area contributed by atoms with Gasteiger partial charge >= 0.3 is 5.97 Å². The van der Waals surface area contributed by atoms with Gasteiger partial charge < -0.3 is 19.2 Å². The van der Waals surface area contributed by atoms with Gasteiger partial charge in [0.05, 0.1) is 19.7 Å². The number of ether oxygens (including phenoxy) is 3. The second kappa shape index (κ2) is 7.26. The van der Waals surface area contributed by atoms with E-state index in [-0.39, 0.29) is 11.3 Å². The summed E-state index contributed by atoms with van der Waals surface area (Å²) in [6.07, 6.45) is 0. The van der Waals surface area contributed by atoms with Crippen LogP contribution in [0.3, 0.4) is 0 Å². The van der Waals surface area contributed by atoms with Crippen LogP contribution in [-0.4, -0.2) is 37.6 Å². The van der Waals surface area contributed by atoms with E-state index >= 15 is 0 Å². The summed E-state index contributed by atoms with van der Waals surface area (Å²) < 4.78 is 28.4. The van der Waals surface area contributed by atoms with Crippen LogP contribution in [0.4, 0.5) is 4.39 Å². The zero-order valence-corrected chi connectivity index (χ0v) is 14.2. The summed E-state index contributed by atoms with van der Waals surface area (Å²) in [7, 11) is 3.04. The summed E-state index contributed by atoms with van der Waals surface area (Å²) in [6, 6.07) is 10.0. The van der Waals surface area contributed by atoms with Gasteiger partial charge in [0, 0.05) is 17.0 Å². The fraction of sp³-hybridized carbons (Fsp3) is 0.158. The zero-order chi connectivity index (χ0) is 18.7. The van der Waals surface area contributed by atoms with Crippen molar-refractivity contribution in [3.05, 3.63) is 59.5 Å². The molecule has 0 aliphatic heterocycles. The molecule has 3 aromatic rings. The number of carbonyl (C=O) groups is 2. The quantitative estimate of drug-likeness (QED) is 0.541. The molecule has 0 aliphatic carbocycles. The van der Waals surface area contributed by atoms with Gasteiger partial charge in [-0.15, -0.1) is 0 Å². The smallest absolute Gasteiger partial charge is 0.355 e. The van der Waals surface area contributed by atoms with Gasteiger partial charge in [0.15, 0.2) is 12.4 Å². The molecule has 0 fully saturated rings. The lowest BCUT2D eigenvalue weighted by molar-refractivity contribution is 0.0470. The van der Waals surface area contributed by atoms with Gasteiger partial charge in [-0.2, -0.15) is 0 Å². The van der Waals surface area contributed by atoms with E-state index < -0.39 is 24.2 Å². The zero-order valence-electron chi connectivity index (χ0n) is 14.2. The Kier molecular flexibility index (Phi) is 4.88. The van der Waals surface area contributed by atoms with Gasteiger partial charge in [0.25, 0.3) is 0 Å². The molecule has 26 heavy (non-hydrogen) atoms. The number of benzene rings is 2. The molecule has 2 aromatic carbocycles. The van der Waals surface area contributed by atoms with Gasteiger partial charge in [-0.1, -0.05) is 0 Å². The molecule has 6 nitrogen and oxygen atoms in total. The summed E-state index contributed by atoms with van der Waals surface area (Å²) in [6.45, 7) is -0.444. The van der Waals surface area contributed by atoms with Crippen molar-refractivity contribution < 1.29 is 28.2 Å². The predicted octanol–water partition coefficient (Wildman–Crippen LogP) is 3.36. The van der Waals surface area contributed by atoms with Crippen molar-refractivity contribution in [1.29, 1.82) is 0 Å². The molecule has 0 spiro atoms. The van der Waals surface area contributed by atoms with Crippen LogP contribution in [0.5, 0.6) is 11.5 Å². The van der Waals surface area contributed by atoms with Crippen molar-refractivity contribution in [1.82, 2.24) is 4.98 Å². The fourth-order valence-corrected chi connectivity index (χ4v) is 2.50. The number of hydrogen-bond donors (Lipinski definition) is 1. The summed E-state index contributed by atoms with van der Waals surface area (Å²) in [5.41, 5.74) is 1.06. The number of methoxy groups -OCH3 is 2. The second-order valence-electron chi connectivity index (χ2n) is 5.48. The highest BCUT2D eigenvalue weighted by Gasteiger charge is 2.16. The molecule has 0 unspecified atom stereocenters. The Morgan fingerprint density at radius 1 is 1.04 bits per heavy atom. The molecule has 0 saturated carbocycles. The number of hydrogen-bond acceptors (Lipinski definition) is 5. The van der Waals surface area contributed by atoms with Crippen molar-refractivity contribution in [2.45, 2.75) is 0 Å². The first-order valence-corrected chi connectivity index (χ1v) is 7.72. The SMILES string of the molecule is COc1cc(OC)c2[nH]c(C(=O)OCC(=O)c3ccc(F)cc3)cc2c1. The Morgan fingerprint density at radius 3 is 2.42 bits per heavy atom. The molecule has 0 radical (unpaired) electrons. The second-order valence-corrected chi connectivity index (χ2v) is 5.48. The molecule has 3 rings (SSSR count). The number of aromatic nitrogens is 1. The average Bonchev–Trinajstić information content (AvgIpc) is 3.09. The molecular weight excluding hydrogens is 341 g/mol. The molecule has 0 aliphatic rings. The number of nitrogens with one attached hydrogen (secondary N) is 1. The minimum absolute atomic E-state index is 0.179. The normalized spacial score (nSPS) is 10.6. The van der Waals surface area contributed by atoms with Gasteiger partial charge in [0.2, 0.25) is 0 Å². The van der Waals surface area contributed by atoms with Gasteiger partial charge in [-0.25, -0.2) is 9.18 Å². The van der Waals surface area contributed by atoms with E-state index in [2.05, 4.69) is 4.98 Å². The number of halogens is 1. The van der Waals surface area contributed by atoms with Crippen molar-refractivity contribution in [2.24, 2.45) is 0 Å². The Bertz CT molecular complexity index is 962.